The van der Waals surface area contributed by atoms with Crippen LogP contribution >= 0.6 is 11.3 Å². The van der Waals surface area contributed by atoms with E-state index < -0.39 is 0 Å². The number of hydrogen-bond donors (Lipinski definition) is 0. The first-order chi connectivity index (χ1) is 11.2. The van der Waals surface area contributed by atoms with Gasteiger partial charge in [0.15, 0.2) is 5.82 Å². The lowest BCUT2D eigenvalue weighted by atomic mass is 10.0. The van der Waals surface area contributed by atoms with Gasteiger partial charge >= 0.3 is 0 Å². The molecule has 0 aromatic carbocycles. The summed E-state index contributed by atoms with van der Waals surface area (Å²) < 4.78 is 0. The Hall–Kier alpha value is -2.02. The molecule has 6 nitrogen and oxygen atoms in total. The topological polar surface area (TPSA) is 62.2 Å². The molecule has 3 heterocycles. The molecule has 0 saturated carbocycles. The molecule has 0 N–H and O–H groups in total. The Kier molecular flexibility index (Phi) is 5.17. The fourth-order valence-corrected chi connectivity index (χ4v) is 3.54. The van der Waals surface area contributed by atoms with Crippen molar-refractivity contribution in [3.8, 4) is 0 Å². The summed E-state index contributed by atoms with van der Waals surface area (Å²) in [6.07, 6.45) is 6.71. The molecule has 1 aliphatic heterocycles. The normalized spacial score (nSPS) is 15.6. The molecule has 0 aliphatic carbocycles. The van der Waals surface area contributed by atoms with E-state index in [0.29, 0.717) is 12.5 Å². The molecule has 0 bridgehead atoms. The lowest BCUT2D eigenvalue weighted by Crippen LogP contribution is -2.46. The van der Waals surface area contributed by atoms with Crippen molar-refractivity contribution in [3.63, 3.8) is 0 Å². The first kappa shape index (κ1) is 15.9. The summed E-state index contributed by atoms with van der Waals surface area (Å²) in [5.74, 6) is 1.13. The zero-order valence-electron chi connectivity index (χ0n) is 13.3. The number of carbonyl (C=O) groups excluding carboxylic acids is 1. The van der Waals surface area contributed by atoms with Gasteiger partial charge in [0, 0.05) is 56.8 Å². The zero-order valence-corrected chi connectivity index (χ0v) is 14.1. The van der Waals surface area contributed by atoms with Crippen LogP contribution in [-0.2, 0) is 11.2 Å². The monoisotopic (exact) mass is 331 g/mol. The number of likely N-dealkylation sites (tertiary alicyclic amines) is 1. The first-order valence-electron chi connectivity index (χ1n) is 7.90. The highest BCUT2D eigenvalue weighted by Gasteiger charge is 2.25. The van der Waals surface area contributed by atoms with Gasteiger partial charge in [-0.05, 0) is 25.0 Å². The van der Waals surface area contributed by atoms with E-state index >= 15 is 0 Å². The van der Waals surface area contributed by atoms with E-state index in [9.17, 15) is 4.79 Å². The Bertz CT molecular complexity index is 611. The minimum atomic E-state index is 0.237. The van der Waals surface area contributed by atoms with Crippen LogP contribution in [-0.4, -0.2) is 52.2 Å². The Morgan fingerprint density at radius 2 is 2.22 bits per heavy atom. The van der Waals surface area contributed by atoms with Gasteiger partial charge in [0.2, 0.25) is 5.91 Å². The van der Waals surface area contributed by atoms with Gasteiger partial charge in [-0.25, -0.2) is 4.98 Å². The van der Waals surface area contributed by atoms with Crippen molar-refractivity contribution < 1.29 is 4.79 Å². The van der Waals surface area contributed by atoms with E-state index in [1.807, 2.05) is 22.4 Å². The van der Waals surface area contributed by atoms with Crippen LogP contribution in [0.5, 0.6) is 0 Å². The Labute approximate surface area is 140 Å². The summed E-state index contributed by atoms with van der Waals surface area (Å²) >= 11 is 1.61. The Morgan fingerprint density at radius 3 is 2.87 bits per heavy atom. The molecular weight excluding hydrogens is 310 g/mol. The molecule has 1 fully saturated rings. The van der Waals surface area contributed by atoms with Crippen molar-refractivity contribution in [2.45, 2.75) is 31.7 Å². The van der Waals surface area contributed by atoms with Crippen LogP contribution in [0.2, 0.25) is 0 Å². The van der Waals surface area contributed by atoms with Crippen LogP contribution in [0.1, 0.15) is 24.3 Å². The summed E-state index contributed by atoms with van der Waals surface area (Å²) in [5.41, 5.74) is 0. The van der Waals surface area contributed by atoms with E-state index in [1.54, 1.807) is 23.7 Å². The maximum absolute atomic E-state index is 12.3. The molecule has 2 aromatic heterocycles. The van der Waals surface area contributed by atoms with Crippen LogP contribution in [0.15, 0.2) is 29.9 Å². The molecule has 7 heteroatoms. The minimum Gasteiger partial charge on any atom is -0.355 e. The van der Waals surface area contributed by atoms with Gasteiger partial charge < -0.3 is 9.80 Å². The van der Waals surface area contributed by atoms with E-state index in [4.69, 9.17) is 0 Å². The fourth-order valence-electron chi connectivity index (χ4n) is 2.92. The van der Waals surface area contributed by atoms with E-state index in [2.05, 4.69) is 27.1 Å². The van der Waals surface area contributed by atoms with Crippen LogP contribution in [0.4, 0.5) is 5.82 Å². The molecule has 1 amide bonds. The Morgan fingerprint density at radius 1 is 1.39 bits per heavy atom. The van der Waals surface area contributed by atoms with Crippen molar-refractivity contribution in [3.05, 3.63) is 34.9 Å². The predicted molar refractivity (Wildman–Crippen MR) is 90.5 cm³/mol. The maximum atomic E-state index is 12.3. The molecule has 122 valence electrons. The second kappa shape index (κ2) is 7.50. The quantitative estimate of drug-likeness (QED) is 0.838. The Balaban J connectivity index is 1.47. The summed E-state index contributed by atoms with van der Waals surface area (Å²) in [6.45, 7) is 1.62. The SMILES string of the molecule is CN(c1cccnn1)C1CCN(C(=O)CCc2nccs2)CC1. The molecule has 1 saturated heterocycles. The van der Waals surface area contributed by atoms with E-state index in [-0.39, 0.29) is 5.91 Å². The van der Waals surface area contributed by atoms with Crippen molar-refractivity contribution in [2.75, 3.05) is 25.0 Å². The van der Waals surface area contributed by atoms with Gasteiger partial charge in [0.1, 0.15) is 0 Å². The molecular formula is C16H21N5OS. The van der Waals surface area contributed by atoms with Crippen LogP contribution in [0.25, 0.3) is 0 Å². The molecule has 1 aliphatic rings. The fraction of sp³-hybridized carbons (Fsp3) is 0.500. The molecule has 0 atom stereocenters. The third kappa shape index (κ3) is 4.04. The average Bonchev–Trinajstić information content (AvgIpc) is 3.13. The number of piperidine rings is 1. The van der Waals surface area contributed by atoms with Crippen molar-refractivity contribution in [1.82, 2.24) is 20.1 Å². The van der Waals surface area contributed by atoms with Gasteiger partial charge in [0.05, 0.1) is 5.01 Å². The molecule has 0 unspecified atom stereocenters. The summed E-state index contributed by atoms with van der Waals surface area (Å²) in [6, 6.07) is 4.28. The highest BCUT2D eigenvalue weighted by atomic mass is 32.1. The largest absolute Gasteiger partial charge is 0.355 e. The number of rotatable bonds is 5. The van der Waals surface area contributed by atoms with E-state index in [0.717, 1.165) is 43.2 Å². The molecule has 2 aromatic rings. The highest BCUT2D eigenvalue weighted by Crippen LogP contribution is 2.20. The van der Waals surface area contributed by atoms with Crippen molar-refractivity contribution in [1.29, 1.82) is 0 Å². The number of hydrogen-bond acceptors (Lipinski definition) is 6. The first-order valence-corrected chi connectivity index (χ1v) is 8.78. The van der Waals surface area contributed by atoms with Gasteiger partial charge in [-0.1, -0.05) is 0 Å². The van der Waals surface area contributed by atoms with Crippen molar-refractivity contribution >= 4 is 23.1 Å². The number of aryl methyl sites for hydroxylation is 1. The lowest BCUT2D eigenvalue weighted by molar-refractivity contribution is -0.132. The average molecular weight is 331 g/mol. The van der Waals surface area contributed by atoms with Gasteiger partial charge in [0.25, 0.3) is 0 Å². The third-order valence-corrected chi connectivity index (χ3v) is 5.16. The minimum absolute atomic E-state index is 0.237. The number of anilines is 1. The maximum Gasteiger partial charge on any atom is 0.222 e. The van der Waals surface area contributed by atoms with Crippen molar-refractivity contribution in [2.24, 2.45) is 0 Å². The third-order valence-electron chi connectivity index (χ3n) is 4.32. The summed E-state index contributed by atoms with van der Waals surface area (Å²) in [7, 11) is 2.05. The van der Waals surface area contributed by atoms with Gasteiger partial charge in [-0.2, -0.15) is 5.10 Å². The van der Waals surface area contributed by atoms with E-state index in [1.165, 1.54) is 0 Å². The number of amides is 1. The second-order valence-electron chi connectivity index (χ2n) is 5.73. The summed E-state index contributed by atoms with van der Waals surface area (Å²) in [5, 5.41) is 11.1. The standard InChI is InChI=1S/C16H21N5OS/c1-20(14-3-2-8-18-19-14)13-6-10-21(11-7-13)16(22)5-4-15-17-9-12-23-15/h2-3,8-9,12-13H,4-7,10-11H2,1H3. The molecule has 0 radical (unpaired) electrons. The van der Waals surface area contributed by atoms with Crippen LogP contribution in [0, 0.1) is 0 Å². The number of thiazole rings is 1. The molecule has 3 rings (SSSR count). The summed E-state index contributed by atoms with van der Waals surface area (Å²) in [4.78, 5) is 20.7. The van der Waals surface area contributed by atoms with Gasteiger partial charge in [-0.15, -0.1) is 16.4 Å². The molecule has 0 spiro atoms. The predicted octanol–water partition coefficient (Wildman–Crippen LogP) is 1.99. The van der Waals surface area contributed by atoms with Crippen LogP contribution in [0.3, 0.4) is 0 Å². The van der Waals surface area contributed by atoms with Crippen LogP contribution < -0.4 is 4.90 Å². The highest BCUT2D eigenvalue weighted by molar-refractivity contribution is 7.09. The second-order valence-corrected chi connectivity index (χ2v) is 6.71. The smallest absolute Gasteiger partial charge is 0.222 e. The molecule has 23 heavy (non-hydrogen) atoms. The zero-order chi connectivity index (χ0) is 16.1. The number of nitrogens with zero attached hydrogens (tertiary/aromatic N) is 5. The lowest BCUT2D eigenvalue weighted by Gasteiger charge is -2.37. The number of carbonyl (C=O) groups is 1. The number of aromatic nitrogens is 3. The van der Waals surface area contributed by atoms with Gasteiger partial charge in [-0.3, -0.25) is 4.79 Å².